The van der Waals surface area contributed by atoms with E-state index in [0.29, 0.717) is 12.3 Å². The molecule has 0 spiro atoms. The number of likely N-dealkylation sites (tertiary alicyclic amines) is 1. The molecule has 0 unspecified atom stereocenters. The van der Waals surface area contributed by atoms with Gasteiger partial charge in [0, 0.05) is 30.8 Å². The fourth-order valence-electron chi connectivity index (χ4n) is 3.47. The monoisotopic (exact) mass is 357 g/mol. The van der Waals surface area contributed by atoms with Crippen LogP contribution in [0.3, 0.4) is 0 Å². The molecule has 2 aromatic heterocycles. The SMILES string of the molecule is Cc1cc(-c2cnc(C)nc2[C@@H]2CCCN(CC(=O)NC(C)C)C2)on1. The lowest BCUT2D eigenvalue weighted by Crippen LogP contribution is -2.43. The molecule has 7 heteroatoms. The summed E-state index contributed by atoms with van der Waals surface area (Å²) < 4.78 is 5.45. The number of hydrogen-bond acceptors (Lipinski definition) is 6. The third-order valence-corrected chi connectivity index (χ3v) is 4.54. The van der Waals surface area contributed by atoms with Crippen LogP contribution in [-0.4, -0.2) is 51.6 Å². The summed E-state index contributed by atoms with van der Waals surface area (Å²) in [6.07, 6.45) is 3.90. The van der Waals surface area contributed by atoms with E-state index in [1.165, 1.54) is 0 Å². The van der Waals surface area contributed by atoms with Crippen LogP contribution in [0.25, 0.3) is 11.3 Å². The van der Waals surface area contributed by atoms with E-state index in [2.05, 4.69) is 20.4 Å². The minimum atomic E-state index is 0.0746. The quantitative estimate of drug-likeness (QED) is 0.885. The third kappa shape index (κ3) is 4.46. The highest BCUT2D eigenvalue weighted by Gasteiger charge is 2.27. The summed E-state index contributed by atoms with van der Waals surface area (Å²) in [6, 6.07) is 2.07. The molecule has 2 aromatic rings. The predicted octanol–water partition coefficient (Wildman–Crippen LogP) is 2.45. The molecule has 7 nitrogen and oxygen atoms in total. The van der Waals surface area contributed by atoms with Gasteiger partial charge >= 0.3 is 0 Å². The minimum Gasteiger partial charge on any atom is -0.356 e. The van der Waals surface area contributed by atoms with Crippen molar-refractivity contribution in [2.45, 2.75) is 52.5 Å². The predicted molar refractivity (Wildman–Crippen MR) is 98.7 cm³/mol. The van der Waals surface area contributed by atoms with Gasteiger partial charge in [-0.15, -0.1) is 0 Å². The lowest BCUT2D eigenvalue weighted by atomic mass is 9.91. The van der Waals surface area contributed by atoms with Crippen LogP contribution in [0, 0.1) is 13.8 Å². The Balaban J connectivity index is 1.80. The fourth-order valence-corrected chi connectivity index (χ4v) is 3.47. The molecule has 1 N–H and O–H groups in total. The van der Waals surface area contributed by atoms with Crippen molar-refractivity contribution in [2.75, 3.05) is 19.6 Å². The van der Waals surface area contributed by atoms with Crippen LogP contribution in [0.4, 0.5) is 0 Å². The molecule has 0 aromatic carbocycles. The molecule has 0 bridgehead atoms. The number of aromatic nitrogens is 3. The van der Waals surface area contributed by atoms with E-state index in [1.54, 1.807) is 0 Å². The smallest absolute Gasteiger partial charge is 0.234 e. The number of carbonyl (C=O) groups excluding carboxylic acids is 1. The number of rotatable bonds is 5. The van der Waals surface area contributed by atoms with Gasteiger partial charge in [0.25, 0.3) is 0 Å². The number of amides is 1. The Bertz CT molecular complexity index is 771. The summed E-state index contributed by atoms with van der Waals surface area (Å²) in [5, 5.41) is 6.95. The molecule has 3 rings (SSSR count). The van der Waals surface area contributed by atoms with Gasteiger partial charge in [-0.25, -0.2) is 9.97 Å². The second kappa shape index (κ2) is 7.95. The number of nitrogens with one attached hydrogen (secondary N) is 1. The Hall–Kier alpha value is -2.28. The maximum atomic E-state index is 12.1. The second-order valence-corrected chi connectivity index (χ2v) is 7.35. The standard InChI is InChI=1S/C19H27N5O2/c1-12(2)21-18(25)11-24-7-5-6-15(10-24)19-16(9-20-14(4)22-19)17-8-13(3)23-26-17/h8-9,12,15H,5-7,10-11H2,1-4H3,(H,21,25)/t15-/m1/s1. The highest BCUT2D eigenvalue weighted by Crippen LogP contribution is 2.33. The summed E-state index contributed by atoms with van der Waals surface area (Å²) in [5.41, 5.74) is 2.72. The van der Waals surface area contributed by atoms with Crippen molar-refractivity contribution in [2.24, 2.45) is 0 Å². The molecule has 1 amide bonds. The van der Waals surface area contributed by atoms with Crippen LogP contribution >= 0.6 is 0 Å². The molecule has 0 saturated carbocycles. The summed E-state index contributed by atoms with van der Waals surface area (Å²) in [5.74, 6) is 1.77. The molecular weight excluding hydrogens is 330 g/mol. The number of piperidine rings is 1. The molecule has 3 heterocycles. The van der Waals surface area contributed by atoms with Crippen molar-refractivity contribution >= 4 is 5.91 Å². The van der Waals surface area contributed by atoms with Gasteiger partial charge in [-0.2, -0.15) is 0 Å². The average molecular weight is 357 g/mol. The lowest BCUT2D eigenvalue weighted by molar-refractivity contribution is -0.123. The molecule has 1 fully saturated rings. The molecule has 1 aliphatic rings. The van der Waals surface area contributed by atoms with E-state index in [-0.39, 0.29) is 17.9 Å². The van der Waals surface area contributed by atoms with Crippen LogP contribution in [0.2, 0.25) is 0 Å². The van der Waals surface area contributed by atoms with Gasteiger partial charge in [0.15, 0.2) is 5.76 Å². The van der Waals surface area contributed by atoms with E-state index < -0.39 is 0 Å². The van der Waals surface area contributed by atoms with Crippen LogP contribution in [0.1, 0.15) is 49.8 Å². The van der Waals surface area contributed by atoms with Crippen LogP contribution in [-0.2, 0) is 4.79 Å². The van der Waals surface area contributed by atoms with Crippen LogP contribution in [0.15, 0.2) is 16.8 Å². The van der Waals surface area contributed by atoms with Crippen molar-refractivity contribution < 1.29 is 9.32 Å². The van der Waals surface area contributed by atoms with Gasteiger partial charge in [-0.3, -0.25) is 9.69 Å². The first-order valence-electron chi connectivity index (χ1n) is 9.21. The maximum Gasteiger partial charge on any atom is 0.234 e. The van der Waals surface area contributed by atoms with Gasteiger partial charge in [0.2, 0.25) is 5.91 Å². The first-order valence-corrected chi connectivity index (χ1v) is 9.21. The van der Waals surface area contributed by atoms with Gasteiger partial charge in [0.05, 0.1) is 23.5 Å². The van der Waals surface area contributed by atoms with E-state index >= 15 is 0 Å². The molecule has 1 saturated heterocycles. The minimum absolute atomic E-state index is 0.0746. The number of aryl methyl sites for hydroxylation is 2. The van der Waals surface area contributed by atoms with E-state index in [0.717, 1.165) is 48.7 Å². The normalized spacial score (nSPS) is 18.3. The number of carbonyl (C=O) groups is 1. The Morgan fingerprint density at radius 3 is 2.92 bits per heavy atom. The highest BCUT2D eigenvalue weighted by molar-refractivity contribution is 5.78. The first kappa shape index (κ1) is 18.5. The summed E-state index contributed by atoms with van der Waals surface area (Å²) in [6.45, 7) is 9.92. The topological polar surface area (TPSA) is 84.2 Å². The Morgan fingerprint density at radius 1 is 1.42 bits per heavy atom. The van der Waals surface area contributed by atoms with E-state index in [9.17, 15) is 4.79 Å². The average Bonchev–Trinajstić information content (AvgIpc) is 3.00. The molecule has 26 heavy (non-hydrogen) atoms. The lowest BCUT2D eigenvalue weighted by Gasteiger charge is -2.32. The summed E-state index contributed by atoms with van der Waals surface area (Å²) in [4.78, 5) is 23.4. The number of nitrogens with zero attached hydrogens (tertiary/aromatic N) is 4. The first-order chi connectivity index (χ1) is 12.4. The van der Waals surface area contributed by atoms with Gasteiger partial charge < -0.3 is 9.84 Å². The molecule has 1 aliphatic heterocycles. The maximum absolute atomic E-state index is 12.1. The summed E-state index contributed by atoms with van der Waals surface area (Å²) in [7, 11) is 0. The van der Waals surface area contributed by atoms with Crippen molar-refractivity contribution in [3.8, 4) is 11.3 Å². The molecule has 140 valence electrons. The Morgan fingerprint density at radius 2 is 2.23 bits per heavy atom. The molecule has 0 aliphatic carbocycles. The van der Waals surface area contributed by atoms with E-state index in [4.69, 9.17) is 9.51 Å². The summed E-state index contributed by atoms with van der Waals surface area (Å²) >= 11 is 0. The second-order valence-electron chi connectivity index (χ2n) is 7.35. The zero-order chi connectivity index (χ0) is 18.7. The van der Waals surface area contributed by atoms with E-state index in [1.807, 2.05) is 40.0 Å². The Labute approximate surface area is 154 Å². The third-order valence-electron chi connectivity index (χ3n) is 4.54. The van der Waals surface area contributed by atoms with Gasteiger partial charge in [-0.05, 0) is 47.1 Å². The fraction of sp³-hybridized carbons (Fsp3) is 0.579. The van der Waals surface area contributed by atoms with Crippen LogP contribution in [0.5, 0.6) is 0 Å². The zero-order valence-corrected chi connectivity index (χ0v) is 16.0. The highest BCUT2D eigenvalue weighted by atomic mass is 16.5. The van der Waals surface area contributed by atoms with Crippen LogP contribution < -0.4 is 5.32 Å². The Kier molecular flexibility index (Phi) is 5.66. The van der Waals surface area contributed by atoms with Crippen molar-refractivity contribution in [1.29, 1.82) is 0 Å². The zero-order valence-electron chi connectivity index (χ0n) is 16.0. The largest absolute Gasteiger partial charge is 0.356 e. The molecule has 1 atom stereocenters. The molecule has 0 radical (unpaired) electrons. The molecular formula is C19H27N5O2. The van der Waals surface area contributed by atoms with Crippen molar-refractivity contribution in [3.05, 3.63) is 29.5 Å². The van der Waals surface area contributed by atoms with Gasteiger partial charge in [0.1, 0.15) is 5.82 Å². The number of hydrogen-bond donors (Lipinski definition) is 1. The van der Waals surface area contributed by atoms with Gasteiger partial charge in [-0.1, -0.05) is 5.16 Å². The van der Waals surface area contributed by atoms with Crippen molar-refractivity contribution in [1.82, 2.24) is 25.3 Å². The van der Waals surface area contributed by atoms with Crippen molar-refractivity contribution in [3.63, 3.8) is 0 Å².